The molecular weight excluding hydrogens is 417 g/mol. The molecule has 0 saturated heterocycles. The minimum absolute atomic E-state index is 0.0923. The van der Waals surface area contributed by atoms with E-state index in [2.05, 4.69) is 15.6 Å². The highest BCUT2D eigenvalue weighted by Crippen LogP contribution is 2.29. The molecule has 0 atom stereocenters. The van der Waals surface area contributed by atoms with Gasteiger partial charge in [0.15, 0.2) is 0 Å². The summed E-state index contributed by atoms with van der Waals surface area (Å²) >= 11 is 5.83. The van der Waals surface area contributed by atoms with Crippen molar-refractivity contribution in [3.63, 3.8) is 0 Å². The lowest BCUT2D eigenvalue weighted by molar-refractivity contribution is -0.125. The van der Waals surface area contributed by atoms with Crippen LogP contribution in [-0.4, -0.2) is 20.9 Å². The van der Waals surface area contributed by atoms with Crippen LogP contribution in [0.25, 0.3) is 0 Å². The van der Waals surface area contributed by atoms with Gasteiger partial charge in [-0.15, -0.1) is 0 Å². The molecule has 1 saturated carbocycles. The standard InChI is InChI=1S/C20H23ClFN3O3S/c21-16-9-11-17(12-10-16)24-25-20(26)15-7-5-14(6-8-15)13-23-29(27,28)19-4-2-1-3-18(19)22/h1-4,9-12,14-15,23-24H,5-8,13H2,(H,25,26). The van der Waals surface area contributed by atoms with E-state index in [0.29, 0.717) is 17.9 Å². The summed E-state index contributed by atoms with van der Waals surface area (Å²) in [5, 5.41) is 0.617. The second-order valence-electron chi connectivity index (χ2n) is 7.12. The predicted molar refractivity (Wildman–Crippen MR) is 110 cm³/mol. The first-order chi connectivity index (χ1) is 13.8. The Labute approximate surface area is 174 Å². The van der Waals surface area contributed by atoms with Crippen LogP contribution in [0.5, 0.6) is 0 Å². The number of carbonyl (C=O) groups is 1. The SMILES string of the molecule is O=C(NNc1ccc(Cl)cc1)C1CCC(CNS(=O)(=O)c2ccccc2F)CC1. The van der Waals surface area contributed by atoms with Gasteiger partial charge in [-0.1, -0.05) is 23.7 Å². The van der Waals surface area contributed by atoms with E-state index >= 15 is 0 Å². The molecular formula is C20H23ClFN3O3S. The van der Waals surface area contributed by atoms with Gasteiger partial charge in [-0.3, -0.25) is 15.6 Å². The summed E-state index contributed by atoms with van der Waals surface area (Å²) in [6.07, 6.45) is 2.78. The Hall–Kier alpha value is -2.16. The van der Waals surface area contributed by atoms with E-state index in [0.717, 1.165) is 24.6 Å². The molecule has 0 bridgehead atoms. The number of hydrogen-bond donors (Lipinski definition) is 3. The Kier molecular flexibility index (Phi) is 7.10. The van der Waals surface area contributed by atoms with E-state index in [1.54, 1.807) is 24.3 Å². The fraction of sp³-hybridized carbons (Fsp3) is 0.350. The number of hydrogen-bond acceptors (Lipinski definition) is 4. The number of carbonyl (C=O) groups excluding carboxylic acids is 1. The zero-order valence-electron chi connectivity index (χ0n) is 15.7. The zero-order chi connectivity index (χ0) is 20.9. The number of rotatable bonds is 7. The lowest BCUT2D eigenvalue weighted by Gasteiger charge is -2.28. The summed E-state index contributed by atoms with van der Waals surface area (Å²) in [5.74, 6) is -0.877. The Morgan fingerprint density at radius 2 is 1.69 bits per heavy atom. The van der Waals surface area contributed by atoms with Crippen molar-refractivity contribution in [1.29, 1.82) is 0 Å². The molecule has 1 aliphatic rings. The van der Waals surface area contributed by atoms with Gasteiger partial charge in [-0.05, 0) is 68.0 Å². The van der Waals surface area contributed by atoms with E-state index in [4.69, 9.17) is 11.6 Å². The molecule has 2 aromatic rings. The van der Waals surface area contributed by atoms with Gasteiger partial charge in [0.2, 0.25) is 15.9 Å². The summed E-state index contributed by atoms with van der Waals surface area (Å²) in [5.41, 5.74) is 6.30. The number of halogens is 2. The topological polar surface area (TPSA) is 87.3 Å². The van der Waals surface area contributed by atoms with Gasteiger partial charge in [0, 0.05) is 17.5 Å². The number of sulfonamides is 1. The van der Waals surface area contributed by atoms with Crippen LogP contribution in [0.3, 0.4) is 0 Å². The second-order valence-corrected chi connectivity index (χ2v) is 9.29. The maximum absolute atomic E-state index is 13.7. The average Bonchev–Trinajstić information content (AvgIpc) is 2.72. The van der Waals surface area contributed by atoms with Crippen molar-refractivity contribution in [3.8, 4) is 0 Å². The maximum Gasteiger partial charge on any atom is 0.243 e. The van der Waals surface area contributed by atoms with E-state index in [1.807, 2.05) is 0 Å². The maximum atomic E-state index is 13.7. The van der Waals surface area contributed by atoms with Crippen molar-refractivity contribution in [2.75, 3.05) is 12.0 Å². The summed E-state index contributed by atoms with van der Waals surface area (Å²) in [7, 11) is -3.89. The van der Waals surface area contributed by atoms with Crippen molar-refractivity contribution in [2.45, 2.75) is 30.6 Å². The van der Waals surface area contributed by atoms with Crippen LogP contribution >= 0.6 is 11.6 Å². The van der Waals surface area contributed by atoms with Crippen molar-refractivity contribution in [2.24, 2.45) is 11.8 Å². The normalized spacial score (nSPS) is 19.5. The molecule has 156 valence electrons. The molecule has 9 heteroatoms. The van der Waals surface area contributed by atoms with Crippen LogP contribution in [-0.2, 0) is 14.8 Å². The lowest BCUT2D eigenvalue weighted by Crippen LogP contribution is -2.38. The molecule has 1 aliphatic carbocycles. The third-order valence-electron chi connectivity index (χ3n) is 5.08. The van der Waals surface area contributed by atoms with Gasteiger partial charge >= 0.3 is 0 Å². The molecule has 1 fully saturated rings. The molecule has 0 aromatic heterocycles. The smallest absolute Gasteiger partial charge is 0.243 e. The van der Waals surface area contributed by atoms with Crippen LogP contribution in [0.4, 0.5) is 10.1 Å². The molecule has 0 unspecified atom stereocenters. The first-order valence-corrected chi connectivity index (χ1v) is 11.3. The number of anilines is 1. The summed E-state index contributed by atoms with van der Waals surface area (Å²) in [4.78, 5) is 12.0. The van der Waals surface area contributed by atoms with E-state index in [-0.39, 0.29) is 29.2 Å². The van der Waals surface area contributed by atoms with E-state index in [1.165, 1.54) is 18.2 Å². The minimum Gasteiger partial charge on any atom is -0.299 e. The van der Waals surface area contributed by atoms with Gasteiger partial charge in [-0.2, -0.15) is 0 Å². The van der Waals surface area contributed by atoms with Gasteiger partial charge in [0.05, 0.1) is 5.69 Å². The molecule has 29 heavy (non-hydrogen) atoms. The van der Waals surface area contributed by atoms with Crippen LogP contribution in [0.2, 0.25) is 5.02 Å². The Balaban J connectivity index is 1.43. The van der Waals surface area contributed by atoms with E-state index in [9.17, 15) is 17.6 Å². The van der Waals surface area contributed by atoms with Gasteiger partial charge in [-0.25, -0.2) is 17.5 Å². The van der Waals surface area contributed by atoms with E-state index < -0.39 is 15.8 Å². The molecule has 2 aromatic carbocycles. The third-order valence-corrected chi connectivity index (χ3v) is 6.79. The molecule has 6 nitrogen and oxygen atoms in total. The van der Waals surface area contributed by atoms with Gasteiger partial charge < -0.3 is 0 Å². The predicted octanol–water partition coefficient (Wildman–Crippen LogP) is 3.71. The van der Waals surface area contributed by atoms with Crippen LogP contribution in [0.15, 0.2) is 53.4 Å². The monoisotopic (exact) mass is 439 g/mol. The highest BCUT2D eigenvalue weighted by Gasteiger charge is 2.27. The Bertz CT molecular complexity index is 946. The molecule has 3 N–H and O–H groups in total. The number of amides is 1. The Morgan fingerprint density at radius 3 is 2.34 bits per heavy atom. The van der Waals surface area contributed by atoms with Crippen molar-refractivity contribution >= 4 is 33.2 Å². The third kappa shape index (κ3) is 5.91. The number of nitrogens with one attached hydrogen (secondary N) is 3. The van der Waals surface area contributed by atoms with Crippen LogP contribution in [0.1, 0.15) is 25.7 Å². The van der Waals surface area contributed by atoms with Crippen LogP contribution in [0, 0.1) is 17.7 Å². The highest BCUT2D eigenvalue weighted by molar-refractivity contribution is 7.89. The quantitative estimate of drug-likeness (QED) is 0.574. The number of benzene rings is 2. The molecule has 0 aliphatic heterocycles. The first-order valence-electron chi connectivity index (χ1n) is 9.41. The Morgan fingerprint density at radius 1 is 1.03 bits per heavy atom. The van der Waals surface area contributed by atoms with Crippen molar-refractivity contribution in [1.82, 2.24) is 10.1 Å². The summed E-state index contributed by atoms with van der Waals surface area (Å²) in [6.45, 7) is 0.230. The molecule has 3 rings (SSSR count). The zero-order valence-corrected chi connectivity index (χ0v) is 17.3. The molecule has 0 spiro atoms. The van der Waals surface area contributed by atoms with Crippen molar-refractivity contribution < 1.29 is 17.6 Å². The lowest BCUT2D eigenvalue weighted by atomic mass is 9.82. The van der Waals surface area contributed by atoms with Gasteiger partial charge in [0.25, 0.3) is 0 Å². The molecule has 1 amide bonds. The van der Waals surface area contributed by atoms with Crippen LogP contribution < -0.4 is 15.6 Å². The highest BCUT2D eigenvalue weighted by atomic mass is 35.5. The van der Waals surface area contributed by atoms with Crippen molar-refractivity contribution in [3.05, 3.63) is 59.4 Å². The summed E-state index contributed by atoms with van der Waals surface area (Å²) in [6, 6.07) is 12.3. The molecule has 0 heterocycles. The fourth-order valence-corrected chi connectivity index (χ4v) is 4.68. The average molecular weight is 440 g/mol. The largest absolute Gasteiger partial charge is 0.299 e. The summed E-state index contributed by atoms with van der Waals surface area (Å²) < 4.78 is 40.8. The minimum atomic E-state index is -3.89. The molecule has 0 radical (unpaired) electrons. The van der Waals surface area contributed by atoms with Gasteiger partial charge in [0.1, 0.15) is 10.7 Å². The first kappa shape index (κ1) is 21.5. The fourth-order valence-electron chi connectivity index (χ4n) is 3.37. The number of hydrazine groups is 1. The second kappa shape index (κ2) is 9.56.